The summed E-state index contributed by atoms with van der Waals surface area (Å²) < 4.78 is 5.66. The average Bonchev–Trinajstić information content (AvgIpc) is 2.00. The first-order chi connectivity index (χ1) is 6.43. The van der Waals surface area contributed by atoms with Gasteiger partial charge in [-0.3, -0.25) is 0 Å². The van der Waals surface area contributed by atoms with Crippen LogP contribution in [-0.2, 0) is 4.74 Å². The molecule has 0 unspecified atom stereocenters. The molecule has 0 saturated heterocycles. The Morgan fingerprint density at radius 2 is 1.50 bits per heavy atom. The molecule has 0 amide bonds. The van der Waals surface area contributed by atoms with E-state index in [2.05, 4.69) is 46.9 Å². The fourth-order valence-electron chi connectivity index (χ4n) is 1.29. The van der Waals surface area contributed by atoms with Crippen LogP contribution in [0.5, 0.6) is 0 Å². The molecule has 0 aliphatic heterocycles. The SMILES string of the molecule is CC(C)COC[C@H](NC(C)C)C(C)C. The quantitative estimate of drug-likeness (QED) is 0.684. The van der Waals surface area contributed by atoms with Crippen molar-refractivity contribution in [1.82, 2.24) is 5.32 Å². The Kier molecular flexibility index (Phi) is 7.20. The molecule has 0 aliphatic rings. The summed E-state index contributed by atoms with van der Waals surface area (Å²) in [7, 11) is 0. The van der Waals surface area contributed by atoms with Gasteiger partial charge in [0.2, 0.25) is 0 Å². The van der Waals surface area contributed by atoms with Crippen molar-refractivity contribution in [2.75, 3.05) is 13.2 Å². The lowest BCUT2D eigenvalue weighted by molar-refractivity contribution is 0.0767. The van der Waals surface area contributed by atoms with E-state index in [0.29, 0.717) is 23.9 Å². The third-order valence-corrected chi connectivity index (χ3v) is 2.10. The van der Waals surface area contributed by atoms with Crippen molar-refractivity contribution in [2.24, 2.45) is 11.8 Å². The van der Waals surface area contributed by atoms with Crippen LogP contribution in [0.3, 0.4) is 0 Å². The van der Waals surface area contributed by atoms with Gasteiger partial charge in [0.15, 0.2) is 0 Å². The molecule has 86 valence electrons. The minimum absolute atomic E-state index is 0.480. The van der Waals surface area contributed by atoms with E-state index in [4.69, 9.17) is 4.74 Å². The number of ether oxygens (including phenoxy) is 1. The zero-order chi connectivity index (χ0) is 11.1. The van der Waals surface area contributed by atoms with Gasteiger partial charge in [-0.05, 0) is 11.8 Å². The monoisotopic (exact) mass is 201 g/mol. The van der Waals surface area contributed by atoms with Gasteiger partial charge < -0.3 is 10.1 Å². The minimum atomic E-state index is 0.480. The van der Waals surface area contributed by atoms with Crippen molar-refractivity contribution >= 4 is 0 Å². The topological polar surface area (TPSA) is 21.3 Å². The van der Waals surface area contributed by atoms with Crippen LogP contribution in [0, 0.1) is 11.8 Å². The molecule has 2 nitrogen and oxygen atoms in total. The first-order valence-corrected chi connectivity index (χ1v) is 5.77. The summed E-state index contributed by atoms with van der Waals surface area (Å²) >= 11 is 0. The van der Waals surface area contributed by atoms with Gasteiger partial charge in [-0.1, -0.05) is 41.5 Å². The summed E-state index contributed by atoms with van der Waals surface area (Å²) in [6.07, 6.45) is 0. The number of hydrogen-bond acceptors (Lipinski definition) is 2. The van der Waals surface area contributed by atoms with Crippen molar-refractivity contribution in [3.8, 4) is 0 Å². The predicted octanol–water partition coefficient (Wildman–Crippen LogP) is 2.68. The lowest BCUT2D eigenvalue weighted by Gasteiger charge is -2.25. The molecule has 0 aromatic rings. The van der Waals surface area contributed by atoms with E-state index in [0.717, 1.165) is 13.2 Å². The normalized spacial score (nSPS) is 14.4. The average molecular weight is 201 g/mol. The van der Waals surface area contributed by atoms with Crippen molar-refractivity contribution in [3.63, 3.8) is 0 Å². The number of nitrogens with one attached hydrogen (secondary N) is 1. The standard InChI is InChI=1S/C12H27NO/c1-9(2)7-14-8-12(10(3)4)13-11(5)6/h9-13H,7-8H2,1-6H3/t12-/m0/s1. The highest BCUT2D eigenvalue weighted by Gasteiger charge is 2.14. The zero-order valence-corrected chi connectivity index (χ0v) is 10.6. The Labute approximate surface area is 89.4 Å². The molecule has 0 radical (unpaired) electrons. The molecule has 0 aromatic carbocycles. The van der Waals surface area contributed by atoms with E-state index in [1.165, 1.54) is 0 Å². The Hall–Kier alpha value is -0.0800. The summed E-state index contributed by atoms with van der Waals surface area (Å²) in [6.45, 7) is 14.9. The molecular weight excluding hydrogens is 174 g/mol. The first kappa shape index (κ1) is 13.9. The largest absolute Gasteiger partial charge is 0.380 e. The molecule has 0 rings (SSSR count). The van der Waals surface area contributed by atoms with Gasteiger partial charge in [0.05, 0.1) is 6.61 Å². The third kappa shape index (κ3) is 7.34. The molecule has 0 bridgehead atoms. The van der Waals surface area contributed by atoms with E-state index in [-0.39, 0.29) is 0 Å². The van der Waals surface area contributed by atoms with Gasteiger partial charge in [-0.15, -0.1) is 0 Å². The molecule has 0 fully saturated rings. The summed E-state index contributed by atoms with van der Waals surface area (Å²) in [5, 5.41) is 3.53. The highest BCUT2D eigenvalue weighted by atomic mass is 16.5. The zero-order valence-electron chi connectivity index (χ0n) is 10.6. The molecule has 1 atom stereocenters. The van der Waals surface area contributed by atoms with Crippen LogP contribution in [0.25, 0.3) is 0 Å². The molecule has 0 spiro atoms. The number of hydrogen-bond donors (Lipinski definition) is 1. The van der Waals surface area contributed by atoms with Gasteiger partial charge in [-0.25, -0.2) is 0 Å². The molecular formula is C12H27NO. The fourth-order valence-corrected chi connectivity index (χ4v) is 1.29. The summed E-state index contributed by atoms with van der Waals surface area (Å²) in [5.74, 6) is 1.26. The van der Waals surface area contributed by atoms with Crippen LogP contribution in [0.15, 0.2) is 0 Å². The Balaban J connectivity index is 3.74. The highest BCUT2D eigenvalue weighted by Crippen LogP contribution is 2.04. The van der Waals surface area contributed by atoms with Crippen molar-refractivity contribution in [2.45, 2.75) is 53.6 Å². The smallest absolute Gasteiger partial charge is 0.0622 e. The van der Waals surface area contributed by atoms with Gasteiger partial charge in [0.1, 0.15) is 0 Å². The Bertz CT molecular complexity index is 132. The molecule has 0 heterocycles. The fraction of sp³-hybridized carbons (Fsp3) is 1.00. The second kappa shape index (κ2) is 7.24. The maximum atomic E-state index is 5.66. The molecule has 1 N–H and O–H groups in total. The first-order valence-electron chi connectivity index (χ1n) is 5.77. The third-order valence-electron chi connectivity index (χ3n) is 2.10. The lowest BCUT2D eigenvalue weighted by atomic mass is 10.0. The maximum Gasteiger partial charge on any atom is 0.0622 e. The molecule has 14 heavy (non-hydrogen) atoms. The Morgan fingerprint density at radius 1 is 0.929 bits per heavy atom. The molecule has 0 aliphatic carbocycles. The van der Waals surface area contributed by atoms with E-state index >= 15 is 0 Å². The van der Waals surface area contributed by atoms with Gasteiger partial charge >= 0.3 is 0 Å². The van der Waals surface area contributed by atoms with Crippen LogP contribution in [0.1, 0.15) is 41.5 Å². The summed E-state index contributed by atoms with van der Waals surface area (Å²) in [6, 6.07) is 1.01. The summed E-state index contributed by atoms with van der Waals surface area (Å²) in [5.41, 5.74) is 0. The highest BCUT2D eigenvalue weighted by molar-refractivity contribution is 4.72. The van der Waals surface area contributed by atoms with Gasteiger partial charge in [0, 0.05) is 18.7 Å². The van der Waals surface area contributed by atoms with E-state index in [1.807, 2.05) is 0 Å². The van der Waals surface area contributed by atoms with E-state index in [9.17, 15) is 0 Å². The molecule has 2 heteroatoms. The van der Waals surface area contributed by atoms with Gasteiger partial charge in [0.25, 0.3) is 0 Å². The van der Waals surface area contributed by atoms with Crippen molar-refractivity contribution in [3.05, 3.63) is 0 Å². The lowest BCUT2D eigenvalue weighted by Crippen LogP contribution is -2.42. The second-order valence-electron chi connectivity index (χ2n) is 5.10. The van der Waals surface area contributed by atoms with Gasteiger partial charge in [-0.2, -0.15) is 0 Å². The minimum Gasteiger partial charge on any atom is -0.380 e. The van der Waals surface area contributed by atoms with E-state index < -0.39 is 0 Å². The predicted molar refractivity (Wildman–Crippen MR) is 62.6 cm³/mol. The second-order valence-corrected chi connectivity index (χ2v) is 5.10. The van der Waals surface area contributed by atoms with Crippen molar-refractivity contribution in [1.29, 1.82) is 0 Å². The Morgan fingerprint density at radius 3 is 1.86 bits per heavy atom. The van der Waals surface area contributed by atoms with Crippen molar-refractivity contribution < 1.29 is 4.74 Å². The van der Waals surface area contributed by atoms with Crippen LogP contribution in [0.4, 0.5) is 0 Å². The van der Waals surface area contributed by atoms with Crippen LogP contribution in [-0.4, -0.2) is 25.3 Å². The maximum absolute atomic E-state index is 5.66. The number of rotatable bonds is 7. The molecule has 0 saturated carbocycles. The van der Waals surface area contributed by atoms with Crippen LogP contribution < -0.4 is 5.32 Å². The summed E-state index contributed by atoms with van der Waals surface area (Å²) in [4.78, 5) is 0. The molecule has 0 aromatic heterocycles. The van der Waals surface area contributed by atoms with E-state index in [1.54, 1.807) is 0 Å². The van der Waals surface area contributed by atoms with Crippen LogP contribution >= 0.6 is 0 Å². The van der Waals surface area contributed by atoms with Crippen LogP contribution in [0.2, 0.25) is 0 Å².